The molecule has 0 fully saturated rings. The van der Waals surface area contributed by atoms with Gasteiger partial charge in [0, 0.05) is 28.4 Å². The second kappa shape index (κ2) is 6.68. The Bertz CT molecular complexity index is 934. The Morgan fingerprint density at radius 1 is 1.46 bits per heavy atom. The summed E-state index contributed by atoms with van der Waals surface area (Å²) in [6.07, 6.45) is 1.77. The maximum Gasteiger partial charge on any atom is 0.219 e. The van der Waals surface area contributed by atoms with Crippen LogP contribution in [0.25, 0.3) is 10.9 Å². The number of fused-ring (bicyclic) bond motifs is 1. The average Bonchev–Trinajstić information content (AvgIpc) is 2.97. The van der Waals surface area contributed by atoms with Crippen molar-refractivity contribution in [2.24, 2.45) is 0 Å². The van der Waals surface area contributed by atoms with E-state index in [0.29, 0.717) is 11.4 Å². The average molecular weight is 343 g/mol. The van der Waals surface area contributed by atoms with Crippen LogP contribution < -0.4 is 15.2 Å². The molecule has 4 N–H and O–H groups in total. The van der Waals surface area contributed by atoms with E-state index in [2.05, 4.69) is 14.7 Å². The first-order valence-corrected chi connectivity index (χ1v) is 7.84. The Labute approximate surface area is 142 Å². The predicted octanol–water partition coefficient (Wildman–Crippen LogP) is 3.48. The third kappa shape index (κ3) is 3.07. The lowest BCUT2D eigenvalue weighted by molar-refractivity contribution is 0.412. The quantitative estimate of drug-likeness (QED) is 0.373. The smallest absolute Gasteiger partial charge is 0.219 e. The monoisotopic (exact) mass is 343 g/mol. The van der Waals surface area contributed by atoms with Crippen molar-refractivity contribution in [3.8, 4) is 11.8 Å². The number of aromatic nitrogens is 2. The van der Waals surface area contributed by atoms with Crippen LogP contribution in [0, 0.1) is 17.3 Å². The van der Waals surface area contributed by atoms with Crippen molar-refractivity contribution in [3.63, 3.8) is 0 Å². The Balaban J connectivity index is 1.85. The van der Waals surface area contributed by atoms with Gasteiger partial charge in [0.25, 0.3) is 0 Å². The van der Waals surface area contributed by atoms with E-state index in [-0.39, 0.29) is 17.8 Å². The second-order valence-corrected chi connectivity index (χ2v) is 5.83. The standard InChI is InChI=1S/C16H14FN5OS/c1-23-13-6-9(4-5-18)15(17)21-16(13)22-24-14-8-20-12-7-10(19)2-3-11(12)14/h2-3,6-8,20H,4,19H2,1H3,(H,21,22). The second-order valence-electron chi connectivity index (χ2n) is 4.99. The van der Waals surface area contributed by atoms with Gasteiger partial charge >= 0.3 is 0 Å². The van der Waals surface area contributed by atoms with E-state index in [4.69, 9.17) is 15.7 Å². The highest BCUT2D eigenvalue weighted by molar-refractivity contribution is 8.00. The number of pyridine rings is 1. The number of H-pyrrole nitrogens is 1. The SMILES string of the molecule is COc1cc(CC#N)c(F)nc1NSc1c[nH]c2cc(N)ccc12. The van der Waals surface area contributed by atoms with Gasteiger partial charge in [-0.2, -0.15) is 14.6 Å². The Morgan fingerprint density at radius 3 is 3.04 bits per heavy atom. The van der Waals surface area contributed by atoms with Gasteiger partial charge in [0.05, 0.1) is 24.5 Å². The molecule has 0 spiro atoms. The van der Waals surface area contributed by atoms with Crippen LogP contribution in [-0.2, 0) is 6.42 Å². The minimum Gasteiger partial charge on any atom is -0.493 e. The number of halogens is 1. The van der Waals surface area contributed by atoms with Crippen LogP contribution in [0.15, 0.2) is 35.4 Å². The van der Waals surface area contributed by atoms with E-state index in [1.165, 1.54) is 25.1 Å². The van der Waals surface area contributed by atoms with Crippen LogP contribution in [0.3, 0.4) is 0 Å². The summed E-state index contributed by atoms with van der Waals surface area (Å²) < 4.78 is 22.1. The lowest BCUT2D eigenvalue weighted by Crippen LogP contribution is -2.01. The van der Waals surface area contributed by atoms with Gasteiger partial charge in [-0.1, -0.05) is 0 Å². The van der Waals surface area contributed by atoms with Crippen LogP contribution in [0.4, 0.5) is 15.9 Å². The molecule has 0 atom stereocenters. The van der Waals surface area contributed by atoms with Gasteiger partial charge in [-0.15, -0.1) is 0 Å². The first kappa shape index (κ1) is 16.0. The highest BCUT2D eigenvalue weighted by atomic mass is 32.2. The summed E-state index contributed by atoms with van der Waals surface area (Å²) in [7, 11) is 1.47. The molecule has 6 nitrogen and oxygen atoms in total. The molecule has 0 saturated heterocycles. The van der Waals surface area contributed by atoms with Crippen LogP contribution in [0.1, 0.15) is 5.56 Å². The van der Waals surface area contributed by atoms with Crippen LogP contribution in [0.5, 0.6) is 5.75 Å². The Morgan fingerprint density at radius 2 is 2.29 bits per heavy atom. The fourth-order valence-corrected chi connectivity index (χ4v) is 3.01. The Hall–Kier alpha value is -2.92. The number of hydrogen-bond donors (Lipinski definition) is 3. The molecule has 8 heteroatoms. The van der Waals surface area contributed by atoms with Crippen molar-refractivity contribution in [2.75, 3.05) is 17.6 Å². The number of benzene rings is 1. The third-order valence-corrected chi connectivity index (χ3v) is 4.28. The number of ether oxygens (including phenoxy) is 1. The van der Waals surface area contributed by atoms with Crippen molar-refractivity contribution in [1.29, 1.82) is 5.26 Å². The molecule has 1 aromatic carbocycles. The molecule has 3 aromatic rings. The highest BCUT2D eigenvalue weighted by Gasteiger charge is 2.13. The van der Waals surface area contributed by atoms with E-state index in [1.807, 2.05) is 30.5 Å². The topological polar surface area (TPSA) is 99.7 Å². The minimum absolute atomic E-state index is 0.0630. The van der Waals surface area contributed by atoms with Crippen molar-refractivity contribution < 1.29 is 9.13 Å². The molecule has 24 heavy (non-hydrogen) atoms. The molecule has 0 aliphatic heterocycles. The summed E-state index contributed by atoms with van der Waals surface area (Å²) in [6, 6.07) is 8.94. The van der Waals surface area contributed by atoms with Crippen molar-refractivity contribution in [1.82, 2.24) is 9.97 Å². The summed E-state index contributed by atoms with van der Waals surface area (Å²) in [5.41, 5.74) is 7.54. The fraction of sp³-hybridized carbons (Fsp3) is 0.125. The zero-order valence-corrected chi connectivity index (χ0v) is 13.6. The van der Waals surface area contributed by atoms with Crippen LogP contribution in [-0.4, -0.2) is 17.1 Å². The van der Waals surface area contributed by atoms with Gasteiger partial charge in [0.15, 0.2) is 11.6 Å². The largest absolute Gasteiger partial charge is 0.493 e. The summed E-state index contributed by atoms with van der Waals surface area (Å²) in [5.74, 6) is -0.0585. The van der Waals surface area contributed by atoms with Crippen LogP contribution >= 0.6 is 11.9 Å². The predicted molar refractivity (Wildman–Crippen MR) is 92.3 cm³/mol. The first-order valence-electron chi connectivity index (χ1n) is 7.02. The molecule has 0 amide bonds. The number of hydrogen-bond acceptors (Lipinski definition) is 6. The molecule has 0 bridgehead atoms. The lowest BCUT2D eigenvalue weighted by Gasteiger charge is -2.10. The normalized spacial score (nSPS) is 10.5. The van der Waals surface area contributed by atoms with E-state index >= 15 is 0 Å². The molecule has 122 valence electrons. The molecule has 0 aliphatic rings. The third-order valence-electron chi connectivity index (χ3n) is 3.43. The maximum atomic E-state index is 13.9. The molecule has 0 unspecified atom stereocenters. The summed E-state index contributed by atoms with van der Waals surface area (Å²) in [6.45, 7) is 0. The lowest BCUT2D eigenvalue weighted by atomic mass is 10.2. The number of nitrogen functional groups attached to an aromatic ring is 1. The number of anilines is 2. The summed E-state index contributed by atoms with van der Waals surface area (Å²) in [5, 5.41) is 9.70. The fourth-order valence-electron chi connectivity index (χ4n) is 2.25. The minimum atomic E-state index is -0.688. The van der Waals surface area contributed by atoms with E-state index in [9.17, 15) is 4.39 Å². The van der Waals surface area contributed by atoms with E-state index < -0.39 is 5.95 Å². The van der Waals surface area contributed by atoms with Gasteiger partial charge in [-0.25, -0.2) is 0 Å². The van der Waals surface area contributed by atoms with Crippen LogP contribution in [0.2, 0.25) is 0 Å². The van der Waals surface area contributed by atoms with Gasteiger partial charge < -0.3 is 20.2 Å². The summed E-state index contributed by atoms with van der Waals surface area (Å²) in [4.78, 5) is 7.89. The molecular weight excluding hydrogens is 329 g/mol. The molecular formula is C16H14FN5OS. The molecule has 2 heterocycles. The number of aromatic amines is 1. The zero-order valence-electron chi connectivity index (χ0n) is 12.8. The molecule has 3 rings (SSSR count). The van der Waals surface area contributed by atoms with Crippen molar-refractivity contribution in [3.05, 3.63) is 42.0 Å². The summed E-state index contributed by atoms with van der Waals surface area (Å²) >= 11 is 1.28. The molecule has 0 saturated carbocycles. The van der Waals surface area contributed by atoms with Gasteiger partial charge in [0.1, 0.15) is 0 Å². The number of nitriles is 1. The zero-order chi connectivity index (χ0) is 17.1. The Kier molecular flexibility index (Phi) is 4.44. The molecule has 2 aromatic heterocycles. The number of nitrogens with two attached hydrogens (primary N) is 1. The van der Waals surface area contributed by atoms with Gasteiger partial charge in [0.2, 0.25) is 5.95 Å². The van der Waals surface area contributed by atoms with E-state index in [0.717, 1.165) is 15.8 Å². The van der Waals surface area contributed by atoms with Crippen molar-refractivity contribution in [2.45, 2.75) is 11.3 Å². The molecule has 0 aliphatic carbocycles. The van der Waals surface area contributed by atoms with Gasteiger partial charge in [-0.05, 0) is 36.2 Å². The first-order chi connectivity index (χ1) is 11.6. The van der Waals surface area contributed by atoms with Crippen molar-refractivity contribution >= 4 is 34.4 Å². The number of nitrogens with one attached hydrogen (secondary N) is 2. The number of methoxy groups -OCH3 is 1. The highest BCUT2D eigenvalue weighted by Crippen LogP contribution is 2.33. The molecule has 0 radical (unpaired) electrons. The maximum absolute atomic E-state index is 13.9. The van der Waals surface area contributed by atoms with E-state index in [1.54, 1.807) is 0 Å². The number of nitrogens with zero attached hydrogens (tertiary/aromatic N) is 2. The number of rotatable bonds is 5. The van der Waals surface area contributed by atoms with Gasteiger partial charge in [-0.3, -0.25) is 0 Å².